The van der Waals surface area contributed by atoms with E-state index in [9.17, 15) is 14.4 Å². The number of rotatable bonds is 5. The molecule has 0 saturated heterocycles. The molecule has 3 rings (SSSR count). The maximum absolute atomic E-state index is 12.5. The van der Waals surface area contributed by atoms with Gasteiger partial charge in [0.2, 0.25) is 0 Å². The van der Waals surface area contributed by atoms with E-state index < -0.39 is 17.6 Å². The van der Waals surface area contributed by atoms with E-state index in [0.717, 1.165) is 0 Å². The Morgan fingerprint density at radius 1 is 1.07 bits per heavy atom. The molecule has 8 nitrogen and oxygen atoms in total. The van der Waals surface area contributed by atoms with Crippen molar-refractivity contribution in [1.82, 2.24) is 0 Å². The number of hydrogen-bond acceptors (Lipinski definition) is 8. The molecule has 0 spiro atoms. The highest BCUT2D eigenvalue weighted by Crippen LogP contribution is 2.29. The second-order valence-electron chi connectivity index (χ2n) is 5.95. The summed E-state index contributed by atoms with van der Waals surface area (Å²) in [6.45, 7) is 0. The highest BCUT2D eigenvalue weighted by Gasteiger charge is 2.18. The molecule has 3 aromatic rings. The molecule has 0 fully saturated rings. The molecule has 150 valence electrons. The smallest absolute Gasteiger partial charge is 0.351 e. The van der Waals surface area contributed by atoms with Crippen molar-refractivity contribution < 1.29 is 28.2 Å². The van der Waals surface area contributed by atoms with Crippen LogP contribution in [0.25, 0.3) is 17.0 Å². The number of methoxy groups -OCH3 is 2. The van der Waals surface area contributed by atoms with Crippen molar-refractivity contribution in [2.24, 2.45) is 0 Å². The molecule has 0 aliphatic rings. The van der Waals surface area contributed by atoms with Gasteiger partial charge in [-0.1, -0.05) is 24.3 Å². The first-order valence-corrected chi connectivity index (χ1v) is 8.60. The standard InChI is InChI=1S/C22H15NO7/c1-27-19-10-13(9-15(12-23)20(24)28-2)7-8-18(19)30-22(26)16-11-14-5-3-4-6-17(14)29-21(16)25/h3-11H,1-2H3/b15-9+. The Morgan fingerprint density at radius 2 is 1.83 bits per heavy atom. The molecule has 1 aromatic heterocycles. The number of ether oxygens (including phenoxy) is 3. The zero-order valence-corrected chi connectivity index (χ0v) is 16.0. The van der Waals surface area contributed by atoms with E-state index in [1.165, 1.54) is 44.6 Å². The Labute approximate surface area is 170 Å². The lowest BCUT2D eigenvalue weighted by atomic mass is 10.1. The van der Waals surface area contributed by atoms with Crippen molar-refractivity contribution in [3.63, 3.8) is 0 Å². The van der Waals surface area contributed by atoms with E-state index in [1.54, 1.807) is 30.3 Å². The number of carbonyl (C=O) groups excluding carboxylic acids is 2. The first-order valence-electron chi connectivity index (χ1n) is 8.60. The number of hydrogen-bond donors (Lipinski definition) is 0. The molecule has 0 amide bonds. The molecule has 1 heterocycles. The van der Waals surface area contributed by atoms with Crippen LogP contribution in [-0.4, -0.2) is 26.2 Å². The Hall–Kier alpha value is -4.38. The number of fused-ring (bicyclic) bond motifs is 1. The predicted molar refractivity (Wildman–Crippen MR) is 106 cm³/mol. The predicted octanol–water partition coefficient (Wildman–Crippen LogP) is 3.10. The van der Waals surface area contributed by atoms with Crippen molar-refractivity contribution in [2.75, 3.05) is 14.2 Å². The molecule has 0 N–H and O–H groups in total. The SMILES string of the molecule is COC(=O)/C(C#N)=C/c1ccc(OC(=O)c2cc3ccccc3oc2=O)c(OC)c1. The van der Waals surface area contributed by atoms with Gasteiger partial charge < -0.3 is 18.6 Å². The third-order valence-corrected chi connectivity index (χ3v) is 4.09. The fourth-order valence-corrected chi connectivity index (χ4v) is 2.63. The van der Waals surface area contributed by atoms with Gasteiger partial charge in [-0.05, 0) is 35.9 Å². The van der Waals surface area contributed by atoms with Crippen LogP contribution in [0.3, 0.4) is 0 Å². The van der Waals surface area contributed by atoms with Crippen LogP contribution in [-0.2, 0) is 9.53 Å². The van der Waals surface area contributed by atoms with Crippen molar-refractivity contribution in [3.05, 3.63) is 75.7 Å². The van der Waals surface area contributed by atoms with Gasteiger partial charge in [0.05, 0.1) is 14.2 Å². The highest BCUT2D eigenvalue weighted by molar-refractivity contribution is 5.98. The van der Waals surface area contributed by atoms with E-state index in [0.29, 0.717) is 16.5 Å². The molecule has 0 aliphatic carbocycles. The zero-order chi connectivity index (χ0) is 21.7. The Kier molecular flexibility index (Phi) is 5.94. The Morgan fingerprint density at radius 3 is 2.53 bits per heavy atom. The van der Waals surface area contributed by atoms with Crippen LogP contribution in [0.2, 0.25) is 0 Å². The van der Waals surface area contributed by atoms with E-state index in [2.05, 4.69) is 4.74 Å². The molecule has 0 bridgehead atoms. The van der Waals surface area contributed by atoms with Crippen molar-refractivity contribution in [3.8, 4) is 17.6 Å². The minimum absolute atomic E-state index is 0.0452. The number of esters is 2. The summed E-state index contributed by atoms with van der Waals surface area (Å²) >= 11 is 0. The molecule has 0 unspecified atom stereocenters. The lowest BCUT2D eigenvalue weighted by molar-refractivity contribution is -0.135. The van der Waals surface area contributed by atoms with Gasteiger partial charge in [0.15, 0.2) is 11.5 Å². The largest absolute Gasteiger partial charge is 0.493 e. The Bertz CT molecular complexity index is 1260. The minimum atomic E-state index is -0.914. The summed E-state index contributed by atoms with van der Waals surface area (Å²) in [7, 11) is 2.52. The third kappa shape index (κ3) is 4.20. The average molecular weight is 405 g/mol. The van der Waals surface area contributed by atoms with Crippen molar-refractivity contribution in [2.45, 2.75) is 0 Å². The second-order valence-corrected chi connectivity index (χ2v) is 5.95. The summed E-state index contributed by atoms with van der Waals surface area (Å²) in [5, 5.41) is 9.63. The molecular formula is C22H15NO7. The number of nitriles is 1. The fourth-order valence-electron chi connectivity index (χ4n) is 2.63. The second kappa shape index (κ2) is 8.75. The van der Waals surface area contributed by atoms with Crippen LogP contribution >= 0.6 is 0 Å². The summed E-state index contributed by atoms with van der Waals surface area (Å²) in [5.74, 6) is -1.49. The minimum Gasteiger partial charge on any atom is -0.493 e. The Balaban J connectivity index is 1.92. The maximum atomic E-state index is 12.5. The zero-order valence-electron chi connectivity index (χ0n) is 16.0. The van der Waals surface area contributed by atoms with Gasteiger partial charge in [-0.15, -0.1) is 0 Å². The van der Waals surface area contributed by atoms with Gasteiger partial charge in [0, 0.05) is 5.39 Å². The lowest BCUT2D eigenvalue weighted by Gasteiger charge is -2.10. The van der Waals surface area contributed by atoms with Crippen LogP contribution in [0.5, 0.6) is 11.5 Å². The van der Waals surface area contributed by atoms with Gasteiger partial charge in [-0.2, -0.15) is 5.26 Å². The van der Waals surface area contributed by atoms with Crippen LogP contribution in [0.4, 0.5) is 0 Å². The highest BCUT2D eigenvalue weighted by atomic mass is 16.6. The third-order valence-electron chi connectivity index (χ3n) is 4.09. The van der Waals surface area contributed by atoms with Crippen LogP contribution in [0.15, 0.2) is 63.3 Å². The van der Waals surface area contributed by atoms with Crippen LogP contribution < -0.4 is 15.1 Å². The summed E-state index contributed by atoms with van der Waals surface area (Å²) < 4.78 is 20.2. The summed E-state index contributed by atoms with van der Waals surface area (Å²) in [6, 6.07) is 14.3. The molecule has 0 aliphatic heterocycles. The van der Waals surface area contributed by atoms with Crippen LogP contribution in [0, 0.1) is 11.3 Å². The first kappa shape index (κ1) is 20.4. The van der Waals surface area contributed by atoms with Crippen molar-refractivity contribution >= 4 is 29.0 Å². The van der Waals surface area contributed by atoms with Crippen LogP contribution in [0.1, 0.15) is 15.9 Å². The summed E-state index contributed by atoms with van der Waals surface area (Å²) in [6.07, 6.45) is 1.30. The topological polar surface area (TPSA) is 116 Å². The van der Waals surface area contributed by atoms with E-state index in [4.69, 9.17) is 19.2 Å². The van der Waals surface area contributed by atoms with Gasteiger partial charge >= 0.3 is 17.6 Å². The maximum Gasteiger partial charge on any atom is 0.351 e. The molecule has 0 radical (unpaired) electrons. The van der Waals surface area contributed by atoms with E-state index in [1.807, 2.05) is 0 Å². The monoisotopic (exact) mass is 405 g/mol. The molecule has 0 atom stereocenters. The first-order chi connectivity index (χ1) is 14.5. The molecule has 8 heteroatoms. The number of nitrogens with zero attached hydrogens (tertiary/aromatic N) is 1. The number of carbonyl (C=O) groups is 2. The average Bonchev–Trinajstić information content (AvgIpc) is 2.77. The fraction of sp³-hybridized carbons (Fsp3) is 0.0909. The lowest BCUT2D eigenvalue weighted by Crippen LogP contribution is -2.19. The molecule has 30 heavy (non-hydrogen) atoms. The molecule has 0 saturated carbocycles. The van der Waals surface area contributed by atoms with Gasteiger partial charge in [0.25, 0.3) is 0 Å². The molecular weight excluding hydrogens is 390 g/mol. The van der Waals surface area contributed by atoms with Gasteiger partial charge in [-0.25, -0.2) is 14.4 Å². The summed E-state index contributed by atoms with van der Waals surface area (Å²) in [4.78, 5) is 36.2. The summed E-state index contributed by atoms with van der Waals surface area (Å²) in [5.41, 5.74) is -0.505. The molecule has 2 aromatic carbocycles. The van der Waals surface area contributed by atoms with Gasteiger partial charge in [-0.3, -0.25) is 0 Å². The number of benzene rings is 2. The quantitative estimate of drug-likeness (QED) is 0.209. The normalized spacial score (nSPS) is 10.9. The van der Waals surface area contributed by atoms with Crippen molar-refractivity contribution in [1.29, 1.82) is 5.26 Å². The number of para-hydroxylation sites is 1. The van der Waals surface area contributed by atoms with E-state index in [-0.39, 0.29) is 22.6 Å². The van der Waals surface area contributed by atoms with Gasteiger partial charge in [0.1, 0.15) is 22.8 Å². The van der Waals surface area contributed by atoms with E-state index >= 15 is 0 Å².